The SMILES string of the molecule is CC[C@@H]1C[C@H](C)CC/C=C\C2C[C@@]2(C(=O)NS(=O)(=O)C2CC2)NC(=O)[C@@H]2C[C@@H](Oc3ccc(-c4nccs4)cn3)CN2C(=O)[C@H]1NC(=O)OC(C)(C)C(F)(F)F. The number of nitrogens with zero attached hydrogens (tertiary/aromatic N) is 3. The van der Waals surface area contributed by atoms with Crippen LogP contribution in [0.25, 0.3) is 10.6 Å². The van der Waals surface area contributed by atoms with Crippen LogP contribution in [-0.4, -0.2) is 94.4 Å². The van der Waals surface area contributed by atoms with Crippen molar-refractivity contribution in [3.63, 3.8) is 0 Å². The Morgan fingerprint density at radius 1 is 1.12 bits per heavy atom. The zero-order valence-corrected chi connectivity index (χ0v) is 33.1. The summed E-state index contributed by atoms with van der Waals surface area (Å²) >= 11 is 1.42. The van der Waals surface area contributed by atoms with Crippen LogP contribution < -0.4 is 20.1 Å². The molecule has 7 atom stereocenters. The Morgan fingerprint density at radius 3 is 2.50 bits per heavy atom. The molecule has 4 heterocycles. The van der Waals surface area contributed by atoms with E-state index in [1.54, 1.807) is 37.5 Å². The Bertz CT molecular complexity index is 1920. The molecule has 0 aromatic carbocycles. The molecule has 2 aromatic heterocycles. The highest BCUT2D eigenvalue weighted by molar-refractivity contribution is 7.91. The normalized spacial score (nSPS) is 29.4. The molecule has 56 heavy (non-hydrogen) atoms. The summed E-state index contributed by atoms with van der Waals surface area (Å²) in [4.78, 5) is 65.9. The maximum Gasteiger partial charge on any atom is 0.427 e. The molecule has 2 aromatic rings. The van der Waals surface area contributed by atoms with Gasteiger partial charge in [0, 0.05) is 41.7 Å². The lowest BCUT2D eigenvalue weighted by Gasteiger charge is -2.35. The predicted octanol–water partition coefficient (Wildman–Crippen LogP) is 4.87. The maximum atomic E-state index is 14.7. The number of aromatic nitrogens is 2. The number of halogens is 3. The van der Waals surface area contributed by atoms with Crippen LogP contribution in [0.3, 0.4) is 0 Å². The number of hydrogen-bond donors (Lipinski definition) is 3. The molecule has 4 amide bonds. The average molecular weight is 825 g/mol. The molecule has 19 heteroatoms. The fourth-order valence-electron chi connectivity index (χ4n) is 7.28. The van der Waals surface area contributed by atoms with Crippen molar-refractivity contribution in [2.45, 2.75) is 120 Å². The topological polar surface area (TPSA) is 186 Å². The lowest BCUT2D eigenvalue weighted by Crippen LogP contribution is -2.59. The van der Waals surface area contributed by atoms with Crippen LogP contribution in [0, 0.1) is 17.8 Å². The molecule has 1 unspecified atom stereocenters. The van der Waals surface area contributed by atoms with Crippen LogP contribution in [0.1, 0.15) is 79.1 Å². The first-order chi connectivity index (χ1) is 26.3. The van der Waals surface area contributed by atoms with Gasteiger partial charge in [-0.2, -0.15) is 13.2 Å². The number of hydrogen-bond acceptors (Lipinski definition) is 11. The molecule has 0 radical (unpaired) electrons. The van der Waals surface area contributed by atoms with Gasteiger partial charge < -0.3 is 25.0 Å². The van der Waals surface area contributed by atoms with Crippen LogP contribution >= 0.6 is 11.3 Å². The van der Waals surface area contributed by atoms with E-state index in [0.717, 1.165) is 10.6 Å². The van der Waals surface area contributed by atoms with E-state index in [4.69, 9.17) is 9.47 Å². The quantitative estimate of drug-likeness (QED) is 0.295. The fourth-order valence-corrected chi connectivity index (χ4v) is 9.27. The van der Waals surface area contributed by atoms with Crippen LogP contribution in [0.2, 0.25) is 0 Å². The van der Waals surface area contributed by atoms with Crippen molar-refractivity contribution in [2.24, 2.45) is 17.8 Å². The molecule has 306 valence electrons. The second-order valence-corrected chi connectivity index (χ2v) is 18.5. The number of ether oxygens (including phenoxy) is 2. The van der Waals surface area contributed by atoms with Gasteiger partial charge in [0.05, 0.1) is 11.8 Å². The Kier molecular flexibility index (Phi) is 11.8. The standard InChI is InChI=1S/C37H47F3N6O8S2/c1-5-22-16-21(2)8-6-7-9-24-18-36(24,33(49)45-56(51,52)26-11-12-26)44-30(47)27-17-25(53-28-13-10-23(19-42-28)31-41-14-15-55-31)20-46(27)32(48)29(22)43-34(50)54-35(3,4)37(38,39)40/h7,9-10,13-15,19,21-22,24-27,29H,5-6,8,11-12,16-18,20H2,1-4H3,(H,43,50)(H,44,47)(H,45,49)/b9-7-/t21-,22-,24?,25-,27+,29+,36-/m1/s1. The average Bonchev–Trinajstić information content (AvgIpc) is 3.99. The molecule has 0 bridgehead atoms. The highest BCUT2D eigenvalue weighted by atomic mass is 32.2. The summed E-state index contributed by atoms with van der Waals surface area (Å²) in [6.07, 6.45) is 2.52. The van der Waals surface area contributed by atoms with Crippen LogP contribution in [-0.2, 0) is 29.1 Å². The van der Waals surface area contributed by atoms with Gasteiger partial charge in [0.25, 0.3) is 5.91 Å². The van der Waals surface area contributed by atoms with E-state index in [-0.39, 0.29) is 31.2 Å². The summed E-state index contributed by atoms with van der Waals surface area (Å²) in [5.74, 6) is -3.32. The lowest BCUT2D eigenvalue weighted by atomic mass is 9.85. The van der Waals surface area contributed by atoms with Gasteiger partial charge in [-0.3, -0.25) is 19.1 Å². The first-order valence-corrected chi connectivity index (χ1v) is 21.2. The largest absolute Gasteiger partial charge is 0.472 e. The number of alkyl carbamates (subject to hydrolysis) is 1. The maximum absolute atomic E-state index is 14.7. The van der Waals surface area contributed by atoms with Crippen molar-refractivity contribution in [3.8, 4) is 16.5 Å². The van der Waals surface area contributed by atoms with E-state index >= 15 is 0 Å². The van der Waals surface area contributed by atoms with E-state index in [9.17, 15) is 40.8 Å². The number of pyridine rings is 1. The third kappa shape index (κ3) is 9.13. The first-order valence-electron chi connectivity index (χ1n) is 18.8. The van der Waals surface area contributed by atoms with Crippen LogP contribution in [0.5, 0.6) is 5.88 Å². The van der Waals surface area contributed by atoms with E-state index < -0.39 is 86.4 Å². The molecule has 2 aliphatic heterocycles. The molecular weight excluding hydrogens is 778 g/mol. The van der Waals surface area contributed by atoms with Gasteiger partial charge in [-0.1, -0.05) is 32.4 Å². The number of carbonyl (C=O) groups excluding carboxylic acids is 4. The zero-order valence-electron chi connectivity index (χ0n) is 31.5. The summed E-state index contributed by atoms with van der Waals surface area (Å²) in [6.45, 7) is 4.97. The molecule has 1 saturated heterocycles. The number of alkyl halides is 3. The van der Waals surface area contributed by atoms with E-state index in [1.807, 2.05) is 18.4 Å². The number of carbonyl (C=O) groups is 4. The Labute approximate surface area is 327 Å². The molecule has 14 nitrogen and oxygen atoms in total. The number of amides is 4. The van der Waals surface area contributed by atoms with E-state index in [0.29, 0.717) is 52.4 Å². The summed E-state index contributed by atoms with van der Waals surface area (Å²) < 4.78 is 80.0. The van der Waals surface area contributed by atoms with Crippen molar-refractivity contribution >= 4 is 45.2 Å². The Balaban J connectivity index is 1.32. The van der Waals surface area contributed by atoms with Crippen LogP contribution in [0.4, 0.5) is 18.0 Å². The van der Waals surface area contributed by atoms with Gasteiger partial charge in [-0.25, -0.2) is 23.2 Å². The number of sulfonamides is 1. The second kappa shape index (κ2) is 15.9. The van der Waals surface area contributed by atoms with Gasteiger partial charge in [-0.05, 0) is 70.3 Å². The van der Waals surface area contributed by atoms with Gasteiger partial charge in [-0.15, -0.1) is 11.3 Å². The summed E-state index contributed by atoms with van der Waals surface area (Å²) in [7, 11) is -3.97. The van der Waals surface area contributed by atoms with E-state index in [1.165, 1.54) is 16.2 Å². The second-order valence-electron chi connectivity index (χ2n) is 15.7. The zero-order chi connectivity index (χ0) is 40.6. The minimum atomic E-state index is -4.90. The van der Waals surface area contributed by atoms with Crippen LogP contribution in [0.15, 0.2) is 42.1 Å². The smallest absolute Gasteiger partial charge is 0.427 e. The van der Waals surface area contributed by atoms with Crippen molar-refractivity contribution in [1.29, 1.82) is 0 Å². The molecule has 3 N–H and O–H groups in total. The number of nitrogens with one attached hydrogen (secondary N) is 3. The van der Waals surface area contributed by atoms with Crippen molar-refractivity contribution < 1.29 is 50.2 Å². The molecule has 6 rings (SSSR count). The predicted molar refractivity (Wildman–Crippen MR) is 198 cm³/mol. The molecule has 2 aliphatic carbocycles. The Morgan fingerprint density at radius 2 is 1.88 bits per heavy atom. The summed E-state index contributed by atoms with van der Waals surface area (Å²) in [6, 6.07) is 0.683. The fraction of sp³-hybridized carbons (Fsp3) is 0.622. The van der Waals surface area contributed by atoms with Gasteiger partial charge in [0.2, 0.25) is 33.3 Å². The number of rotatable bonds is 9. The third-order valence-corrected chi connectivity index (χ3v) is 13.6. The highest BCUT2D eigenvalue weighted by Gasteiger charge is 2.62. The molecule has 2 saturated carbocycles. The number of allylic oxidation sites excluding steroid dienone is 1. The molecule has 3 fully saturated rings. The monoisotopic (exact) mass is 824 g/mol. The number of thiazole rings is 1. The van der Waals surface area contributed by atoms with Gasteiger partial charge in [0.1, 0.15) is 28.7 Å². The van der Waals surface area contributed by atoms with Gasteiger partial charge in [0.15, 0.2) is 0 Å². The van der Waals surface area contributed by atoms with E-state index in [2.05, 4.69) is 25.3 Å². The van der Waals surface area contributed by atoms with Gasteiger partial charge >= 0.3 is 12.3 Å². The molecule has 4 aliphatic rings. The Hall–Kier alpha value is -4.26. The van der Waals surface area contributed by atoms with Crippen molar-refractivity contribution in [3.05, 3.63) is 42.1 Å². The lowest BCUT2D eigenvalue weighted by molar-refractivity contribution is -0.244. The minimum absolute atomic E-state index is 0.0194. The third-order valence-electron chi connectivity index (χ3n) is 11.0. The first kappa shape index (κ1) is 41.4. The summed E-state index contributed by atoms with van der Waals surface area (Å²) in [5, 5.41) is 7.07. The van der Waals surface area contributed by atoms with Crippen molar-refractivity contribution in [2.75, 3.05) is 6.54 Å². The number of fused-ring (bicyclic) bond motifs is 2. The van der Waals surface area contributed by atoms with Crippen molar-refractivity contribution in [1.82, 2.24) is 30.2 Å². The molecule has 0 spiro atoms. The minimum Gasteiger partial charge on any atom is -0.472 e. The molecular formula is C37H47F3N6O8S2. The highest BCUT2D eigenvalue weighted by Crippen LogP contribution is 2.46. The summed E-state index contributed by atoms with van der Waals surface area (Å²) in [5.41, 5.74) is -3.74.